The first kappa shape index (κ1) is 13.6. The predicted molar refractivity (Wildman–Crippen MR) is 70.5 cm³/mol. The van der Waals surface area contributed by atoms with Gasteiger partial charge in [-0.2, -0.15) is 0 Å². The van der Waals surface area contributed by atoms with Gasteiger partial charge in [-0.1, -0.05) is 22.9 Å². The summed E-state index contributed by atoms with van der Waals surface area (Å²) in [4.78, 5) is 17.9. The van der Waals surface area contributed by atoms with E-state index in [2.05, 4.69) is 9.72 Å². The van der Waals surface area contributed by atoms with Gasteiger partial charge < -0.3 is 14.7 Å². The third-order valence-electron chi connectivity index (χ3n) is 3.01. The number of aliphatic hydroxyl groups excluding tert-OH is 1. The number of carbonyl (C=O) groups is 1. The molecule has 100 valence electrons. The topological polar surface area (TPSA) is 62.7 Å². The number of methoxy groups -OCH3 is 1. The second-order valence-corrected chi connectivity index (χ2v) is 5.82. The van der Waals surface area contributed by atoms with Gasteiger partial charge in [-0.25, -0.2) is 9.78 Å². The number of nitrogens with zero attached hydrogens (tertiary/aromatic N) is 2. The van der Waals surface area contributed by atoms with Gasteiger partial charge in [0.15, 0.2) is 15.2 Å². The summed E-state index contributed by atoms with van der Waals surface area (Å²) in [6, 6.07) is 0. The molecule has 0 amide bonds. The maximum absolute atomic E-state index is 11.4. The summed E-state index contributed by atoms with van der Waals surface area (Å²) < 4.78 is 4.63. The summed E-state index contributed by atoms with van der Waals surface area (Å²) in [5.41, 5.74) is 0. The molecule has 1 aromatic heterocycles. The molecule has 1 aromatic rings. The molecule has 0 saturated heterocycles. The van der Waals surface area contributed by atoms with Crippen LogP contribution in [0.5, 0.6) is 0 Å². The number of esters is 1. The van der Waals surface area contributed by atoms with Crippen molar-refractivity contribution in [2.24, 2.45) is 5.92 Å². The minimum Gasteiger partial charge on any atom is -0.465 e. The highest BCUT2D eigenvalue weighted by atomic mass is 35.5. The van der Waals surface area contributed by atoms with Gasteiger partial charge in [0.05, 0.1) is 13.2 Å². The summed E-state index contributed by atoms with van der Waals surface area (Å²) in [5, 5.41) is 10.1. The lowest BCUT2D eigenvalue weighted by Gasteiger charge is -2.34. The van der Waals surface area contributed by atoms with E-state index in [0.29, 0.717) is 15.9 Å². The molecule has 1 heterocycles. The molecule has 1 aliphatic rings. The molecule has 0 unspecified atom stereocenters. The van der Waals surface area contributed by atoms with E-state index in [1.807, 2.05) is 11.9 Å². The second-order valence-electron chi connectivity index (χ2n) is 4.48. The molecule has 5 nitrogen and oxygen atoms in total. The molecule has 1 fully saturated rings. The zero-order valence-electron chi connectivity index (χ0n) is 10.2. The summed E-state index contributed by atoms with van der Waals surface area (Å²) in [6.07, 6.45) is 1.49. The summed E-state index contributed by atoms with van der Waals surface area (Å²) >= 11 is 7.13. The molecule has 7 heteroatoms. The van der Waals surface area contributed by atoms with E-state index in [4.69, 9.17) is 11.6 Å². The standard InChI is InChI=1S/C11H15ClN2O3S/c1-14(5-6-3-7(15)4-6)11-13-9(12)8(18-11)10(16)17-2/h6-7,15H,3-5H2,1-2H3. The van der Waals surface area contributed by atoms with Crippen molar-refractivity contribution in [2.75, 3.05) is 25.6 Å². The quantitative estimate of drug-likeness (QED) is 0.857. The van der Waals surface area contributed by atoms with Gasteiger partial charge in [-0.3, -0.25) is 0 Å². The lowest BCUT2D eigenvalue weighted by molar-refractivity contribution is 0.0464. The average Bonchev–Trinajstić information content (AvgIpc) is 2.68. The smallest absolute Gasteiger partial charge is 0.351 e. The fourth-order valence-electron chi connectivity index (χ4n) is 1.99. The Bertz CT molecular complexity index is 445. The zero-order chi connectivity index (χ0) is 13.3. The molecule has 0 aliphatic heterocycles. The maximum Gasteiger partial charge on any atom is 0.351 e. The number of hydrogen-bond donors (Lipinski definition) is 1. The van der Waals surface area contributed by atoms with Crippen molar-refractivity contribution < 1.29 is 14.6 Å². The Labute approximate surface area is 114 Å². The lowest BCUT2D eigenvalue weighted by Crippen LogP contribution is -2.37. The molecular weight excluding hydrogens is 276 g/mol. The molecule has 2 rings (SSSR count). The first-order chi connectivity index (χ1) is 8.51. The zero-order valence-corrected chi connectivity index (χ0v) is 11.8. The Morgan fingerprint density at radius 2 is 2.33 bits per heavy atom. The lowest BCUT2D eigenvalue weighted by atomic mass is 9.82. The Morgan fingerprint density at radius 1 is 1.67 bits per heavy atom. The number of ether oxygens (including phenoxy) is 1. The first-order valence-electron chi connectivity index (χ1n) is 5.65. The fraction of sp³-hybridized carbons (Fsp3) is 0.636. The van der Waals surface area contributed by atoms with Crippen molar-refractivity contribution in [3.05, 3.63) is 10.0 Å². The molecule has 1 aliphatic carbocycles. The van der Waals surface area contributed by atoms with Crippen LogP contribution in [0.3, 0.4) is 0 Å². The summed E-state index contributed by atoms with van der Waals surface area (Å²) in [5.74, 6) is 0.0190. The van der Waals surface area contributed by atoms with Crippen LogP contribution in [0, 0.1) is 5.92 Å². The van der Waals surface area contributed by atoms with Crippen LogP contribution in [0.2, 0.25) is 5.15 Å². The highest BCUT2D eigenvalue weighted by Crippen LogP contribution is 2.33. The number of carbonyl (C=O) groups excluding carboxylic acids is 1. The Hall–Kier alpha value is -0.850. The molecule has 0 radical (unpaired) electrons. The fourth-order valence-corrected chi connectivity index (χ4v) is 3.16. The van der Waals surface area contributed by atoms with Crippen molar-refractivity contribution in [1.82, 2.24) is 4.98 Å². The normalized spacial score (nSPS) is 22.4. The third kappa shape index (κ3) is 2.76. The van der Waals surface area contributed by atoms with Crippen LogP contribution in [0.1, 0.15) is 22.5 Å². The molecule has 0 aromatic carbocycles. The van der Waals surface area contributed by atoms with E-state index < -0.39 is 5.97 Å². The van der Waals surface area contributed by atoms with Crippen LogP contribution in [-0.2, 0) is 4.74 Å². The van der Waals surface area contributed by atoms with Gasteiger partial charge in [-0.05, 0) is 18.8 Å². The Morgan fingerprint density at radius 3 is 2.89 bits per heavy atom. The number of halogens is 1. The molecule has 0 bridgehead atoms. The molecule has 1 N–H and O–H groups in total. The van der Waals surface area contributed by atoms with Gasteiger partial charge in [0, 0.05) is 13.6 Å². The van der Waals surface area contributed by atoms with Crippen LogP contribution in [0.25, 0.3) is 0 Å². The third-order valence-corrected chi connectivity index (χ3v) is 4.55. The highest BCUT2D eigenvalue weighted by Gasteiger charge is 2.29. The maximum atomic E-state index is 11.4. The number of rotatable bonds is 4. The number of aliphatic hydroxyl groups is 1. The van der Waals surface area contributed by atoms with Crippen LogP contribution in [0.15, 0.2) is 0 Å². The Balaban J connectivity index is 2.02. The molecule has 0 atom stereocenters. The second kappa shape index (κ2) is 5.42. The number of anilines is 1. The summed E-state index contributed by atoms with van der Waals surface area (Å²) in [7, 11) is 3.22. The summed E-state index contributed by atoms with van der Waals surface area (Å²) in [6.45, 7) is 0.807. The Kier molecular flexibility index (Phi) is 4.09. The van der Waals surface area contributed by atoms with Crippen molar-refractivity contribution in [2.45, 2.75) is 18.9 Å². The van der Waals surface area contributed by atoms with Crippen LogP contribution in [0.4, 0.5) is 5.13 Å². The van der Waals surface area contributed by atoms with E-state index in [-0.39, 0.29) is 11.3 Å². The molecule has 0 spiro atoms. The van der Waals surface area contributed by atoms with E-state index >= 15 is 0 Å². The SMILES string of the molecule is COC(=O)c1sc(N(C)CC2CC(O)C2)nc1Cl. The van der Waals surface area contributed by atoms with Gasteiger partial charge in [0.25, 0.3) is 0 Å². The highest BCUT2D eigenvalue weighted by molar-refractivity contribution is 7.18. The number of thiazole rings is 1. The minimum atomic E-state index is -0.462. The van der Waals surface area contributed by atoms with Crippen molar-refractivity contribution in [1.29, 1.82) is 0 Å². The number of aromatic nitrogens is 1. The van der Waals surface area contributed by atoms with E-state index in [0.717, 1.165) is 19.4 Å². The van der Waals surface area contributed by atoms with Gasteiger partial charge in [-0.15, -0.1) is 0 Å². The predicted octanol–water partition coefficient (Wildman–Crippen LogP) is 1.79. The number of hydrogen-bond acceptors (Lipinski definition) is 6. The van der Waals surface area contributed by atoms with Crippen LogP contribution >= 0.6 is 22.9 Å². The largest absolute Gasteiger partial charge is 0.465 e. The van der Waals surface area contributed by atoms with Crippen LogP contribution in [-0.4, -0.2) is 42.9 Å². The average molecular weight is 291 g/mol. The van der Waals surface area contributed by atoms with Gasteiger partial charge >= 0.3 is 5.97 Å². The van der Waals surface area contributed by atoms with E-state index in [9.17, 15) is 9.90 Å². The minimum absolute atomic E-state index is 0.158. The van der Waals surface area contributed by atoms with Crippen LogP contribution < -0.4 is 4.90 Å². The van der Waals surface area contributed by atoms with Crippen molar-refractivity contribution in [3.63, 3.8) is 0 Å². The molecule has 18 heavy (non-hydrogen) atoms. The monoisotopic (exact) mass is 290 g/mol. The van der Waals surface area contributed by atoms with Gasteiger partial charge in [0.2, 0.25) is 0 Å². The molecular formula is C11H15ClN2O3S. The molecule has 1 saturated carbocycles. The van der Waals surface area contributed by atoms with E-state index in [1.54, 1.807) is 0 Å². The van der Waals surface area contributed by atoms with Crippen molar-refractivity contribution >= 4 is 34.0 Å². The van der Waals surface area contributed by atoms with Crippen molar-refractivity contribution in [3.8, 4) is 0 Å². The van der Waals surface area contributed by atoms with Gasteiger partial charge in [0.1, 0.15) is 0 Å². The first-order valence-corrected chi connectivity index (χ1v) is 6.84. The van der Waals surface area contributed by atoms with E-state index in [1.165, 1.54) is 18.4 Å².